The highest BCUT2D eigenvalue weighted by Gasteiger charge is 2.47. The van der Waals surface area contributed by atoms with Crippen molar-refractivity contribution >= 4 is 23.8 Å². The van der Waals surface area contributed by atoms with Gasteiger partial charge in [0.15, 0.2) is 0 Å². The van der Waals surface area contributed by atoms with Crippen LogP contribution in [0.15, 0.2) is 88.8 Å². The van der Waals surface area contributed by atoms with Gasteiger partial charge in [0.1, 0.15) is 23.8 Å². The molecule has 0 spiro atoms. The van der Waals surface area contributed by atoms with Crippen molar-refractivity contribution in [2.24, 2.45) is 22.9 Å². The molecule has 5 heterocycles. The molecule has 1 fully saturated rings. The van der Waals surface area contributed by atoms with Crippen molar-refractivity contribution in [2.75, 3.05) is 25.1 Å². The third-order valence-electron chi connectivity index (χ3n) is 7.62. The number of amides is 1. The van der Waals surface area contributed by atoms with Gasteiger partial charge in [-0.25, -0.2) is 4.98 Å². The lowest BCUT2D eigenvalue weighted by molar-refractivity contribution is -0.750. The lowest BCUT2D eigenvalue weighted by atomic mass is 10.1. The number of benzene rings is 1. The van der Waals surface area contributed by atoms with Crippen LogP contribution in [-0.2, 0) is 24.5 Å². The van der Waals surface area contributed by atoms with Crippen LogP contribution in [0.2, 0.25) is 0 Å². The molecule has 0 aliphatic carbocycles. The predicted molar refractivity (Wildman–Crippen MR) is 154 cm³/mol. The van der Waals surface area contributed by atoms with E-state index in [0.29, 0.717) is 35.9 Å². The molecule has 1 amide bonds. The first kappa shape index (κ1) is 29.5. The van der Waals surface area contributed by atoms with Crippen LogP contribution in [0, 0.1) is 0 Å². The summed E-state index contributed by atoms with van der Waals surface area (Å²) >= 11 is 0. The zero-order valence-corrected chi connectivity index (χ0v) is 23.5. The molecule has 228 valence electrons. The number of ether oxygens (including phenoxy) is 1. The highest BCUT2D eigenvalue weighted by atomic mass is 19.4. The highest BCUT2D eigenvalue weighted by Crippen LogP contribution is 2.35. The quantitative estimate of drug-likeness (QED) is 0.276. The van der Waals surface area contributed by atoms with E-state index in [4.69, 9.17) is 15.6 Å². The van der Waals surface area contributed by atoms with Gasteiger partial charge in [-0.3, -0.25) is 19.4 Å². The van der Waals surface area contributed by atoms with Gasteiger partial charge in [0.25, 0.3) is 11.7 Å². The number of hydrogen-bond donors (Lipinski definition) is 3. The number of rotatable bonds is 7. The van der Waals surface area contributed by atoms with Crippen LogP contribution < -0.4 is 11.2 Å². The zero-order valence-electron chi connectivity index (χ0n) is 23.5. The van der Waals surface area contributed by atoms with Crippen molar-refractivity contribution in [2.45, 2.75) is 24.9 Å². The van der Waals surface area contributed by atoms with E-state index in [9.17, 15) is 23.1 Å². The van der Waals surface area contributed by atoms with Crippen LogP contribution in [0.25, 0.3) is 0 Å². The van der Waals surface area contributed by atoms with Gasteiger partial charge in [-0.2, -0.15) is 29.1 Å². The molecule has 15 heteroatoms. The maximum absolute atomic E-state index is 13.1. The average Bonchev–Trinajstić information content (AvgIpc) is 3.56. The van der Waals surface area contributed by atoms with Gasteiger partial charge in [0, 0.05) is 43.7 Å². The molecule has 44 heavy (non-hydrogen) atoms. The number of anilines is 1. The minimum absolute atomic E-state index is 0.0712. The maximum atomic E-state index is 13.1. The summed E-state index contributed by atoms with van der Waals surface area (Å²) in [6.07, 6.45) is 4.57. The maximum Gasteiger partial charge on any atom is 0.416 e. The third kappa shape index (κ3) is 5.70. The van der Waals surface area contributed by atoms with Crippen LogP contribution in [0.5, 0.6) is 0 Å². The zero-order chi connectivity index (χ0) is 31.1. The Bertz CT molecular complexity index is 1700. The first-order valence-electron chi connectivity index (χ1n) is 13.7. The number of nitrogens with one attached hydrogen (secondary N) is 1. The summed E-state index contributed by atoms with van der Waals surface area (Å²) < 4.78 is 46.8. The summed E-state index contributed by atoms with van der Waals surface area (Å²) in [6, 6.07) is 7.79. The second kappa shape index (κ2) is 11.5. The summed E-state index contributed by atoms with van der Waals surface area (Å²) in [5.74, 6) is 6.50. The van der Waals surface area contributed by atoms with Crippen LogP contribution in [0.4, 0.5) is 19.0 Å². The monoisotopic (exact) mass is 608 g/mol. The molecule has 0 saturated carbocycles. The molecule has 0 radical (unpaired) electrons. The number of halogens is 3. The molecule has 1 aromatic carbocycles. The third-order valence-corrected chi connectivity index (χ3v) is 7.62. The largest absolute Gasteiger partial charge is 0.416 e. The van der Waals surface area contributed by atoms with E-state index < -0.39 is 23.8 Å². The summed E-state index contributed by atoms with van der Waals surface area (Å²) in [5, 5.41) is 16.6. The van der Waals surface area contributed by atoms with Gasteiger partial charge in [-0.05, 0) is 36.4 Å². The van der Waals surface area contributed by atoms with Crippen molar-refractivity contribution in [1.82, 2.24) is 19.7 Å². The molecule has 1 unspecified atom stereocenters. The lowest BCUT2D eigenvalue weighted by Gasteiger charge is -2.38. The van der Waals surface area contributed by atoms with Crippen LogP contribution in [0.3, 0.4) is 0 Å². The Kier molecular flexibility index (Phi) is 7.73. The smallest absolute Gasteiger partial charge is 0.395 e. The Hall–Kier alpha value is -4.54. The van der Waals surface area contributed by atoms with Crippen LogP contribution in [0.1, 0.15) is 27.0 Å². The number of morpholine rings is 1. The van der Waals surface area contributed by atoms with E-state index in [1.165, 1.54) is 12.1 Å². The number of hydrogen-bond acceptors (Lipinski definition) is 9. The summed E-state index contributed by atoms with van der Waals surface area (Å²) in [4.78, 5) is 27.9. The Morgan fingerprint density at radius 3 is 2.75 bits per heavy atom. The highest BCUT2D eigenvalue weighted by molar-refractivity contribution is 6.05. The number of alkyl halides is 3. The van der Waals surface area contributed by atoms with E-state index in [1.54, 1.807) is 41.6 Å². The Labute approximate surface area is 249 Å². The van der Waals surface area contributed by atoms with Crippen molar-refractivity contribution in [3.63, 3.8) is 0 Å². The second-order valence-corrected chi connectivity index (χ2v) is 10.6. The fourth-order valence-electron chi connectivity index (χ4n) is 5.34. The second-order valence-electron chi connectivity index (χ2n) is 10.6. The number of aliphatic imine (C=N–C) groups is 2. The van der Waals surface area contributed by atoms with Gasteiger partial charge < -0.3 is 15.2 Å². The number of aliphatic hydroxyl groups excluding tert-OH is 1. The number of nitrogens with two attached hydrogens (primary N) is 1. The average molecular weight is 609 g/mol. The number of amidine groups is 1. The number of aromatic nitrogens is 3. The number of nitrogens with zero attached hydrogens (tertiary/aromatic N) is 7. The van der Waals surface area contributed by atoms with Crippen molar-refractivity contribution in [3.05, 3.63) is 101 Å². The van der Waals surface area contributed by atoms with Gasteiger partial charge in [0.2, 0.25) is 5.70 Å². The number of pyridine rings is 1. The number of aryl methyl sites for hydroxylation is 1. The van der Waals surface area contributed by atoms with E-state index in [-0.39, 0.29) is 35.2 Å². The van der Waals surface area contributed by atoms with Crippen molar-refractivity contribution in [3.8, 4) is 0 Å². The summed E-state index contributed by atoms with van der Waals surface area (Å²) in [6.45, 7) is 1.22. The van der Waals surface area contributed by atoms with Gasteiger partial charge >= 0.3 is 6.18 Å². The molecule has 6 rings (SSSR count). The predicted octanol–water partition coefficient (Wildman–Crippen LogP) is 2.57. The van der Waals surface area contributed by atoms with E-state index >= 15 is 0 Å². The number of carbonyl (C=O) groups is 1. The molecular formula is C29H29F3N9O3+. The van der Waals surface area contributed by atoms with Crippen LogP contribution >= 0.6 is 0 Å². The van der Waals surface area contributed by atoms with Gasteiger partial charge in [0.05, 0.1) is 49.0 Å². The van der Waals surface area contributed by atoms with E-state index in [1.807, 2.05) is 13.2 Å². The van der Waals surface area contributed by atoms with Crippen molar-refractivity contribution < 1.29 is 32.4 Å². The molecule has 3 aliphatic heterocycles. The molecule has 3 aliphatic rings. The summed E-state index contributed by atoms with van der Waals surface area (Å²) in [5.41, 5.74) is 2.12. The standard InChI is InChI=1S/C29H28F3N9O3/c1-39-13-18(11-36-39)14-40-15-24(44-17-22(40)16-42)26-23-12-34-8-9-41(23,33)27(38-26)19-2-4-20(5-3-19)28(43)37-25-10-21(6-7-35-25)29(30,31)32/h2-13,22,24,42H,14-17,33H2,1H3/p+1/t22-,24+,41?/m0/s1. The number of carbonyl (C=O) groups excluding carboxylic acids is 1. The molecule has 1 saturated heterocycles. The topological polar surface area (TPSA) is 143 Å². The fourth-order valence-corrected chi connectivity index (χ4v) is 5.34. The number of quaternary nitrogens is 1. The van der Waals surface area contributed by atoms with Crippen LogP contribution in [-0.4, -0.2) is 79.2 Å². The lowest BCUT2D eigenvalue weighted by Crippen LogP contribution is -2.54. The Balaban J connectivity index is 1.23. The molecule has 3 aromatic rings. The Morgan fingerprint density at radius 1 is 1.25 bits per heavy atom. The molecule has 12 nitrogen and oxygen atoms in total. The van der Waals surface area contributed by atoms with E-state index in [2.05, 4.69) is 25.3 Å². The number of allylic oxidation sites excluding steroid dienone is 1. The van der Waals surface area contributed by atoms with Gasteiger partial charge in [-0.15, -0.1) is 4.59 Å². The first-order valence-corrected chi connectivity index (χ1v) is 13.7. The van der Waals surface area contributed by atoms with Gasteiger partial charge in [-0.1, -0.05) is 0 Å². The molecule has 0 bridgehead atoms. The molecular weight excluding hydrogens is 579 g/mol. The molecule has 2 aromatic heterocycles. The number of aliphatic hydroxyl groups is 1. The Morgan fingerprint density at radius 2 is 2.05 bits per heavy atom. The van der Waals surface area contributed by atoms with E-state index in [0.717, 1.165) is 23.9 Å². The normalized spacial score (nSPS) is 23.5. The minimum Gasteiger partial charge on any atom is -0.395 e. The van der Waals surface area contributed by atoms with Crippen molar-refractivity contribution in [1.29, 1.82) is 0 Å². The minimum atomic E-state index is -4.56. The number of fused-ring (bicyclic) bond motifs is 1. The SMILES string of the molecule is Cn1cc(CN2C[C@H](C3=C4C=NC=C[N+]4(N)C(c4ccc(C(=O)Nc5cc(C(F)(F)F)ccn5)cc4)=N3)OC[C@@H]2CO)cn1. The fraction of sp³-hybridized carbons (Fsp3) is 0.276. The first-order chi connectivity index (χ1) is 21.0. The summed E-state index contributed by atoms with van der Waals surface area (Å²) in [7, 11) is 1.84. The molecule has 3 atom stereocenters. The molecule has 4 N–H and O–H groups in total.